The van der Waals surface area contributed by atoms with Crippen molar-refractivity contribution in [3.63, 3.8) is 0 Å². The molecule has 2 nitrogen and oxygen atoms in total. The van der Waals surface area contributed by atoms with E-state index in [-0.39, 0.29) is 0 Å². The lowest BCUT2D eigenvalue weighted by Gasteiger charge is -2.15. The van der Waals surface area contributed by atoms with Crippen LogP contribution in [0.25, 0.3) is 0 Å². The lowest BCUT2D eigenvalue weighted by atomic mass is 9.97. The Morgan fingerprint density at radius 2 is 1.85 bits per heavy atom. The predicted molar refractivity (Wildman–Crippen MR) is 82.2 cm³/mol. The zero-order valence-corrected chi connectivity index (χ0v) is 12.4. The molecular weight excluding hydrogens is 248 g/mol. The molecule has 0 radical (unpaired) electrons. The fourth-order valence-electron chi connectivity index (χ4n) is 2.41. The van der Waals surface area contributed by atoms with Gasteiger partial charge < -0.3 is 9.84 Å². The Balaban J connectivity index is 2.30. The Morgan fingerprint density at radius 1 is 1.10 bits per heavy atom. The van der Waals surface area contributed by atoms with Gasteiger partial charge in [0, 0.05) is 0 Å². The van der Waals surface area contributed by atoms with Gasteiger partial charge in [0.05, 0.1) is 7.11 Å². The Morgan fingerprint density at radius 3 is 2.55 bits per heavy atom. The van der Waals surface area contributed by atoms with E-state index in [9.17, 15) is 5.11 Å². The maximum atomic E-state index is 10.5. The Kier molecular flexibility index (Phi) is 4.80. The molecule has 2 heteroatoms. The first-order chi connectivity index (χ1) is 9.65. The highest BCUT2D eigenvalue weighted by Gasteiger charge is 2.12. The standard InChI is InChI=1S/C18H22O2/c1-4-6-14-7-5-8-15(11-14)18(19)16-10-9-13(2)17(12-16)20-3/h5,7-12,18-19H,4,6H2,1-3H3. The minimum absolute atomic E-state index is 0.610. The van der Waals surface area contributed by atoms with Crippen LogP contribution in [0.15, 0.2) is 42.5 Å². The molecular formula is C18H22O2. The number of ether oxygens (including phenoxy) is 1. The van der Waals surface area contributed by atoms with Crippen molar-refractivity contribution in [2.24, 2.45) is 0 Å². The van der Waals surface area contributed by atoms with Crippen LogP contribution in [0.3, 0.4) is 0 Å². The summed E-state index contributed by atoms with van der Waals surface area (Å²) < 4.78 is 5.32. The van der Waals surface area contributed by atoms with Crippen LogP contribution in [0.4, 0.5) is 0 Å². The third-order valence-electron chi connectivity index (χ3n) is 3.55. The molecule has 106 valence electrons. The van der Waals surface area contributed by atoms with Gasteiger partial charge in [-0.05, 0) is 41.7 Å². The van der Waals surface area contributed by atoms with Crippen molar-refractivity contribution >= 4 is 0 Å². The quantitative estimate of drug-likeness (QED) is 0.888. The second-order valence-corrected chi connectivity index (χ2v) is 5.13. The fraction of sp³-hybridized carbons (Fsp3) is 0.333. The number of methoxy groups -OCH3 is 1. The largest absolute Gasteiger partial charge is 0.496 e. The van der Waals surface area contributed by atoms with E-state index in [0.717, 1.165) is 35.3 Å². The Hall–Kier alpha value is -1.80. The lowest BCUT2D eigenvalue weighted by Crippen LogP contribution is -2.01. The number of aliphatic hydroxyl groups is 1. The second kappa shape index (κ2) is 6.58. The van der Waals surface area contributed by atoms with Gasteiger partial charge in [-0.2, -0.15) is 0 Å². The van der Waals surface area contributed by atoms with Crippen LogP contribution < -0.4 is 4.74 Å². The summed E-state index contributed by atoms with van der Waals surface area (Å²) >= 11 is 0. The molecule has 1 atom stereocenters. The van der Waals surface area contributed by atoms with Gasteiger partial charge in [-0.1, -0.05) is 49.7 Å². The molecule has 20 heavy (non-hydrogen) atoms. The summed E-state index contributed by atoms with van der Waals surface area (Å²) in [5.41, 5.74) is 4.13. The number of aliphatic hydroxyl groups excluding tert-OH is 1. The highest BCUT2D eigenvalue weighted by Crippen LogP contribution is 2.27. The lowest BCUT2D eigenvalue weighted by molar-refractivity contribution is 0.219. The molecule has 1 N–H and O–H groups in total. The molecule has 2 aromatic carbocycles. The maximum absolute atomic E-state index is 10.5. The molecule has 0 heterocycles. The summed E-state index contributed by atoms with van der Waals surface area (Å²) in [6.07, 6.45) is 1.54. The molecule has 0 aromatic heterocycles. The topological polar surface area (TPSA) is 29.5 Å². The molecule has 0 spiro atoms. The molecule has 0 fully saturated rings. The molecule has 0 amide bonds. The molecule has 0 saturated carbocycles. The molecule has 0 aliphatic heterocycles. The summed E-state index contributed by atoms with van der Waals surface area (Å²) in [5.74, 6) is 0.811. The summed E-state index contributed by atoms with van der Waals surface area (Å²) in [7, 11) is 1.65. The first kappa shape index (κ1) is 14.6. The summed E-state index contributed by atoms with van der Waals surface area (Å²) in [6, 6.07) is 14.0. The zero-order valence-electron chi connectivity index (χ0n) is 12.4. The van der Waals surface area contributed by atoms with Crippen LogP contribution in [-0.4, -0.2) is 12.2 Å². The van der Waals surface area contributed by atoms with Crippen LogP contribution in [0.1, 0.15) is 41.7 Å². The van der Waals surface area contributed by atoms with Crippen LogP contribution in [0.5, 0.6) is 5.75 Å². The van der Waals surface area contributed by atoms with Gasteiger partial charge in [0.1, 0.15) is 11.9 Å². The molecule has 2 rings (SSSR count). The van der Waals surface area contributed by atoms with Crippen LogP contribution >= 0.6 is 0 Å². The SMILES string of the molecule is CCCc1cccc(C(O)c2ccc(C)c(OC)c2)c1. The fourth-order valence-corrected chi connectivity index (χ4v) is 2.41. The van der Waals surface area contributed by atoms with E-state index in [1.807, 2.05) is 37.3 Å². The van der Waals surface area contributed by atoms with Gasteiger partial charge in [0.2, 0.25) is 0 Å². The Bertz CT molecular complexity index is 575. The number of hydrogen-bond acceptors (Lipinski definition) is 2. The number of rotatable bonds is 5. The number of aryl methyl sites for hydroxylation is 2. The normalized spacial score (nSPS) is 12.2. The summed E-state index contributed by atoms with van der Waals surface area (Å²) in [5, 5.41) is 10.5. The first-order valence-corrected chi connectivity index (χ1v) is 7.07. The van der Waals surface area contributed by atoms with E-state index < -0.39 is 6.10 Å². The summed E-state index contributed by atoms with van der Waals surface area (Å²) in [6.45, 7) is 4.16. The summed E-state index contributed by atoms with van der Waals surface area (Å²) in [4.78, 5) is 0. The maximum Gasteiger partial charge on any atom is 0.122 e. The molecule has 0 aliphatic rings. The molecule has 0 saturated heterocycles. The van der Waals surface area contributed by atoms with Gasteiger partial charge in [0.25, 0.3) is 0 Å². The minimum atomic E-state index is -0.610. The molecule has 2 aromatic rings. The number of benzene rings is 2. The zero-order chi connectivity index (χ0) is 14.5. The number of hydrogen-bond donors (Lipinski definition) is 1. The van der Waals surface area contributed by atoms with Crippen LogP contribution in [0.2, 0.25) is 0 Å². The van der Waals surface area contributed by atoms with Crippen molar-refractivity contribution in [2.75, 3.05) is 7.11 Å². The predicted octanol–water partition coefficient (Wildman–Crippen LogP) is 4.04. The van der Waals surface area contributed by atoms with Crippen molar-refractivity contribution in [2.45, 2.75) is 32.8 Å². The van der Waals surface area contributed by atoms with E-state index in [1.54, 1.807) is 7.11 Å². The third kappa shape index (κ3) is 3.20. The highest BCUT2D eigenvalue weighted by molar-refractivity contribution is 5.41. The van der Waals surface area contributed by atoms with Gasteiger partial charge in [-0.3, -0.25) is 0 Å². The average molecular weight is 270 g/mol. The third-order valence-corrected chi connectivity index (χ3v) is 3.55. The van der Waals surface area contributed by atoms with Gasteiger partial charge in [-0.25, -0.2) is 0 Å². The van der Waals surface area contributed by atoms with Gasteiger partial charge >= 0.3 is 0 Å². The van der Waals surface area contributed by atoms with Crippen molar-refractivity contribution in [3.8, 4) is 5.75 Å². The minimum Gasteiger partial charge on any atom is -0.496 e. The van der Waals surface area contributed by atoms with Gasteiger partial charge in [-0.15, -0.1) is 0 Å². The van der Waals surface area contributed by atoms with Crippen LogP contribution in [0, 0.1) is 6.92 Å². The van der Waals surface area contributed by atoms with E-state index in [0.29, 0.717) is 0 Å². The second-order valence-electron chi connectivity index (χ2n) is 5.13. The Labute approximate surface area is 121 Å². The van der Waals surface area contributed by atoms with Gasteiger partial charge in [0.15, 0.2) is 0 Å². The highest BCUT2D eigenvalue weighted by atomic mass is 16.5. The smallest absolute Gasteiger partial charge is 0.122 e. The molecule has 0 aliphatic carbocycles. The van der Waals surface area contributed by atoms with Crippen molar-refractivity contribution in [3.05, 3.63) is 64.7 Å². The van der Waals surface area contributed by atoms with Crippen LogP contribution in [-0.2, 0) is 6.42 Å². The first-order valence-electron chi connectivity index (χ1n) is 7.07. The van der Waals surface area contributed by atoms with Crippen molar-refractivity contribution in [1.29, 1.82) is 0 Å². The van der Waals surface area contributed by atoms with Crippen molar-refractivity contribution < 1.29 is 9.84 Å². The monoisotopic (exact) mass is 270 g/mol. The van der Waals surface area contributed by atoms with E-state index >= 15 is 0 Å². The van der Waals surface area contributed by atoms with E-state index in [2.05, 4.69) is 19.1 Å². The molecule has 1 unspecified atom stereocenters. The van der Waals surface area contributed by atoms with E-state index in [1.165, 1.54) is 5.56 Å². The molecule has 0 bridgehead atoms. The van der Waals surface area contributed by atoms with Crippen molar-refractivity contribution in [1.82, 2.24) is 0 Å². The van der Waals surface area contributed by atoms with E-state index in [4.69, 9.17) is 4.74 Å². The average Bonchev–Trinajstić information content (AvgIpc) is 2.48.